The first-order valence-corrected chi connectivity index (χ1v) is 6.29. The zero-order valence-corrected chi connectivity index (χ0v) is 9.87. The van der Waals surface area contributed by atoms with Gasteiger partial charge in [0.1, 0.15) is 0 Å². The lowest BCUT2D eigenvalue weighted by Gasteiger charge is -2.14. The van der Waals surface area contributed by atoms with Gasteiger partial charge in [-0.25, -0.2) is 0 Å². The molecule has 15 heavy (non-hydrogen) atoms. The molecule has 0 amide bonds. The van der Waals surface area contributed by atoms with E-state index in [0.29, 0.717) is 13.2 Å². The van der Waals surface area contributed by atoms with Crippen LogP contribution >= 0.6 is 0 Å². The van der Waals surface area contributed by atoms with Crippen LogP contribution < -0.4 is 5.32 Å². The summed E-state index contributed by atoms with van der Waals surface area (Å²) in [5.41, 5.74) is 0. The summed E-state index contributed by atoms with van der Waals surface area (Å²) in [6.07, 6.45) is 6.09. The minimum atomic E-state index is -0.349. The highest BCUT2D eigenvalue weighted by Gasteiger charge is 2.15. The van der Waals surface area contributed by atoms with Crippen molar-refractivity contribution >= 4 is 0 Å². The van der Waals surface area contributed by atoms with Crippen molar-refractivity contribution in [2.24, 2.45) is 5.92 Å². The van der Waals surface area contributed by atoms with E-state index in [2.05, 4.69) is 12.2 Å². The number of ether oxygens (including phenoxy) is 1. The van der Waals surface area contributed by atoms with Crippen LogP contribution in [0.3, 0.4) is 0 Å². The molecule has 3 heteroatoms. The Bertz CT molecular complexity index is 147. The maximum absolute atomic E-state index is 9.56. The van der Waals surface area contributed by atoms with Gasteiger partial charge in [0.15, 0.2) is 0 Å². The molecule has 0 spiro atoms. The molecule has 0 bridgehead atoms. The third-order valence-corrected chi connectivity index (χ3v) is 2.95. The van der Waals surface area contributed by atoms with Crippen molar-refractivity contribution in [1.82, 2.24) is 5.32 Å². The molecule has 1 unspecified atom stereocenters. The van der Waals surface area contributed by atoms with Crippen molar-refractivity contribution in [2.75, 3.05) is 26.3 Å². The van der Waals surface area contributed by atoms with Crippen molar-refractivity contribution in [1.29, 1.82) is 0 Å². The first-order valence-electron chi connectivity index (χ1n) is 6.29. The van der Waals surface area contributed by atoms with Gasteiger partial charge in [-0.1, -0.05) is 19.8 Å². The Balaban J connectivity index is 1.89. The Kier molecular flexibility index (Phi) is 6.98. The van der Waals surface area contributed by atoms with Gasteiger partial charge >= 0.3 is 0 Å². The van der Waals surface area contributed by atoms with Crippen LogP contribution in [0, 0.1) is 5.92 Å². The van der Waals surface area contributed by atoms with E-state index in [1.807, 2.05) is 0 Å². The maximum Gasteiger partial charge on any atom is 0.0897 e. The van der Waals surface area contributed by atoms with Gasteiger partial charge in [-0.3, -0.25) is 0 Å². The molecule has 2 N–H and O–H groups in total. The summed E-state index contributed by atoms with van der Waals surface area (Å²) in [5, 5.41) is 12.7. The van der Waals surface area contributed by atoms with E-state index >= 15 is 0 Å². The Hall–Kier alpha value is -0.120. The van der Waals surface area contributed by atoms with Gasteiger partial charge < -0.3 is 15.2 Å². The van der Waals surface area contributed by atoms with Crippen LogP contribution in [0.5, 0.6) is 0 Å². The molecule has 0 radical (unpaired) electrons. The Morgan fingerprint density at radius 1 is 1.40 bits per heavy atom. The summed E-state index contributed by atoms with van der Waals surface area (Å²) >= 11 is 0. The molecule has 1 rings (SSSR count). The van der Waals surface area contributed by atoms with Gasteiger partial charge in [-0.05, 0) is 31.7 Å². The molecular weight excluding hydrogens is 190 g/mol. The number of aliphatic hydroxyl groups is 1. The molecule has 90 valence electrons. The van der Waals surface area contributed by atoms with E-state index in [1.54, 1.807) is 0 Å². The van der Waals surface area contributed by atoms with Crippen LogP contribution in [0.25, 0.3) is 0 Å². The van der Waals surface area contributed by atoms with E-state index in [0.717, 1.165) is 25.5 Å². The SMILES string of the molecule is CCCNCC(O)COCC1CCCC1. The minimum Gasteiger partial charge on any atom is -0.389 e. The number of aliphatic hydroxyl groups excluding tert-OH is 1. The van der Waals surface area contributed by atoms with Gasteiger partial charge in [0.2, 0.25) is 0 Å². The van der Waals surface area contributed by atoms with E-state index in [-0.39, 0.29) is 6.10 Å². The van der Waals surface area contributed by atoms with E-state index in [1.165, 1.54) is 25.7 Å². The monoisotopic (exact) mass is 215 g/mol. The predicted octanol–water partition coefficient (Wildman–Crippen LogP) is 1.55. The van der Waals surface area contributed by atoms with Crippen LogP contribution in [0.2, 0.25) is 0 Å². The lowest BCUT2D eigenvalue weighted by molar-refractivity contribution is 0.0225. The summed E-state index contributed by atoms with van der Waals surface area (Å²) in [5.74, 6) is 0.751. The molecule has 1 saturated carbocycles. The predicted molar refractivity (Wildman–Crippen MR) is 61.9 cm³/mol. The van der Waals surface area contributed by atoms with Crippen LogP contribution in [0.15, 0.2) is 0 Å². The standard InChI is InChI=1S/C12H25NO2/c1-2-7-13-8-12(14)10-15-9-11-5-3-4-6-11/h11-14H,2-10H2,1H3. The molecule has 1 atom stereocenters. The normalized spacial score (nSPS) is 19.6. The van der Waals surface area contributed by atoms with Crippen LogP contribution in [0.4, 0.5) is 0 Å². The molecule has 0 aromatic carbocycles. The highest BCUT2D eigenvalue weighted by atomic mass is 16.5. The smallest absolute Gasteiger partial charge is 0.0897 e. The van der Waals surface area contributed by atoms with Gasteiger partial charge in [-0.2, -0.15) is 0 Å². The molecule has 1 aliphatic carbocycles. The fraction of sp³-hybridized carbons (Fsp3) is 1.00. The number of hydrogen-bond donors (Lipinski definition) is 2. The van der Waals surface area contributed by atoms with Crippen molar-refractivity contribution < 1.29 is 9.84 Å². The number of hydrogen-bond acceptors (Lipinski definition) is 3. The van der Waals surface area contributed by atoms with Gasteiger partial charge in [-0.15, -0.1) is 0 Å². The summed E-state index contributed by atoms with van der Waals surface area (Å²) in [4.78, 5) is 0. The summed E-state index contributed by atoms with van der Waals surface area (Å²) in [6.45, 7) is 5.06. The molecular formula is C12H25NO2. The summed E-state index contributed by atoms with van der Waals surface area (Å²) < 4.78 is 5.52. The van der Waals surface area contributed by atoms with Gasteiger partial charge in [0.25, 0.3) is 0 Å². The van der Waals surface area contributed by atoms with Gasteiger partial charge in [0, 0.05) is 13.2 Å². The third kappa shape index (κ3) is 6.13. The maximum atomic E-state index is 9.56. The molecule has 0 saturated heterocycles. The molecule has 1 aliphatic rings. The molecule has 0 heterocycles. The van der Waals surface area contributed by atoms with Crippen molar-refractivity contribution in [2.45, 2.75) is 45.1 Å². The Morgan fingerprint density at radius 3 is 2.80 bits per heavy atom. The molecule has 1 fully saturated rings. The lowest BCUT2D eigenvalue weighted by Crippen LogP contribution is -2.31. The topological polar surface area (TPSA) is 41.5 Å². The van der Waals surface area contributed by atoms with Crippen molar-refractivity contribution in [3.63, 3.8) is 0 Å². The van der Waals surface area contributed by atoms with E-state index in [9.17, 15) is 5.11 Å². The van der Waals surface area contributed by atoms with E-state index in [4.69, 9.17) is 4.74 Å². The minimum absolute atomic E-state index is 0.349. The second kappa shape index (κ2) is 8.08. The Labute approximate surface area is 93.2 Å². The largest absolute Gasteiger partial charge is 0.389 e. The average molecular weight is 215 g/mol. The number of rotatable bonds is 8. The molecule has 0 aromatic heterocycles. The first kappa shape index (κ1) is 12.9. The molecule has 0 aromatic rings. The van der Waals surface area contributed by atoms with Crippen LogP contribution in [-0.4, -0.2) is 37.5 Å². The second-order valence-corrected chi connectivity index (χ2v) is 4.55. The third-order valence-electron chi connectivity index (χ3n) is 2.95. The van der Waals surface area contributed by atoms with Crippen molar-refractivity contribution in [3.05, 3.63) is 0 Å². The zero-order chi connectivity index (χ0) is 10.9. The summed E-state index contributed by atoms with van der Waals surface area (Å²) in [7, 11) is 0. The quantitative estimate of drug-likeness (QED) is 0.604. The van der Waals surface area contributed by atoms with Crippen LogP contribution in [0.1, 0.15) is 39.0 Å². The fourth-order valence-corrected chi connectivity index (χ4v) is 2.05. The lowest BCUT2D eigenvalue weighted by atomic mass is 10.1. The highest BCUT2D eigenvalue weighted by Crippen LogP contribution is 2.24. The zero-order valence-electron chi connectivity index (χ0n) is 9.87. The number of nitrogens with one attached hydrogen (secondary N) is 1. The fourth-order valence-electron chi connectivity index (χ4n) is 2.05. The summed E-state index contributed by atoms with van der Waals surface area (Å²) in [6, 6.07) is 0. The highest BCUT2D eigenvalue weighted by molar-refractivity contribution is 4.67. The van der Waals surface area contributed by atoms with Crippen molar-refractivity contribution in [3.8, 4) is 0 Å². The average Bonchev–Trinajstić information content (AvgIpc) is 2.71. The second-order valence-electron chi connectivity index (χ2n) is 4.55. The van der Waals surface area contributed by atoms with E-state index < -0.39 is 0 Å². The Morgan fingerprint density at radius 2 is 2.13 bits per heavy atom. The molecule has 0 aliphatic heterocycles. The first-order chi connectivity index (χ1) is 7.33. The van der Waals surface area contributed by atoms with Gasteiger partial charge in [0.05, 0.1) is 12.7 Å². The molecule has 3 nitrogen and oxygen atoms in total. The van der Waals surface area contributed by atoms with Crippen LogP contribution in [-0.2, 0) is 4.74 Å².